The molecule has 8 heteroatoms. The molecule has 0 aliphatic rings. The van der Waals surface area contributed by atoms with Gasteiger partial charge in [-0.05, 0) is 11.6 Å². The molecule has 0 aliphatic heterocycles. The molecule has 0 fully saturated rings. The summed E-state index contributed by atoms with van der Waals surface area (Å²) in [5, 5.41) is 1.86. The van der Waals surface area contributed by atoms with Crippen molar-refractivity contribution < 1.29 is 8.42 Å². The third-order valence-electron chi connectivity index (χ3n) is 3.29. The van der Waals surface area contributed by atoms with Crippen molar-refractivity contribution in [2.24, 2.45) is 0 Å². The van der Waals surface area contributed by atoms with E-state index in [2.05, 4.69) is 4.98 Å². The molecule has 22 heavy (non-hydrogen) atoms. The molecule has 0 amide bonds. The number of aromatic nitrogens is 2. The van der Waals surface area contributed by atoms with Crippen LogP contribution in [0.4, 0.5) is 5.69 Å². The van der Waals surface area contributed by atoms with Gasteiger partial charge in [0.25, 0.3) is 0 Å². The highest BCUT2D eigenvalue weighted by Gasteiger charge is 2.26. The van der Waals surface area contributed by atoms with Gasteiger partial charge in [0.2, 0.25) is 9.84 Å². The molecule has 0 bridgehead atoms. The number of benzene rings is 1. The Morgan fingerprint density at radius 3 is 2.77 bits per heavy atom. The molecule has 2 heterocycles. The highest BCUT2D eigenvalue weighted by molar-refractivity contribution is 7.90. The monoisotopic (exact) mass is 355 g/mol. The largest absolute Gasteiger partial charge is 0.377 e. The maximum absolute atomic E-state index is 12.8. The number of nitrogens with zero attached hydrogens (tertiary/aromatic N) is 3. The van der Waals surface area contributed by atoms with Crippen LogP contribution in [0.15, 0.2) is 40.9 Å². The fourth-order valence-corrected chi connectivity index (χ4v) is 5.24. The Balaban J connectivity index is 2.08. The van der Waals surface area contributed by atoms with E-state index in [-0.39, 0.29) is 15.9 Å². The Morgan fingerprint density at radius 1 is 1.32 bits per heavy atom. The summed E-state index contributed by atoms with van der Waals surface area (Å²) in [6.45, 7) is 0. The number of imidazole rings is 1. The van der Waals surface area contributed by atoms with E-state index in [1.165, 1.54) is 15.7 Å². The van der Waals surface area contributed by atoms with Crippen LogP contribution in [0.5, 0.6) is 0 Å². The summed E-state index contributed by atoms with van der Waals surface area (Å²) in [6, 6.07) is 7.42. The summed E-state index contributed by atoms with van der Waals surface area (Å²) in [5.74, 6) is -0.120. The number of hydrogen-bond donors (Lipinski definition) is 0. The third-order valence-corrected chi connectivity index (χ3v) is 6.09. The molecule has 0 saturated carbocycles. The van der Waals surface area contributed by atoms with Crippen LogP contribution in [0.2, 0.25) is 5.15 Å². The first-order valence-electron chi connectivity index (χ1n) is 6.49. The second-order valence-electron chi connectivity index (χ2n) is 5.05. The molecule has 0 N–H and O–H groups in total. The first-order valence-corrected chi connectivity index (χ1v) is 9.40. The lowest BCUT2D eigenvalue weighted by Crippen LogP contribution is -2.14. The van der Waals surface area contributed by atoms with Crippen molar-refractivity contribution in [1.82, 2.24) is 9.38 Å². The van der Waals surface area contributed by atoms with Gasteiger partial charge in [0.15, 0.2) is 15.1 Å². The number of anilines is 1. The summed E-state index contributed by atoms with van der Waals surface area (Å²) >= 11 is 7.39. The second-order valence-corrected chi connectivity index (χ2v) is 8.18. The average Bonchev–Trinajstić information content (AvgIpc) is 2.97. The summed E-state index contributed by atoms with van der Waals surface area (Å²) < 4.78 is 27.2. The van der Waals surface area contributed by atoms with E-state index in [0.717, 1.165) is 11.3 Å². The van der Waals surface area contributed by atoms with Gasteiger partial charge in [0, 0.05) is 31.4 Å². The molecule has 1 aromatic carbocycles. The quantitative estimate of drug-likeness (QED) is 0.721. The van der Waals surface area contributed by atoms with Gasteiger partial charge in [-0.1, -0.05) is 29.8 Å². The number of fused-ring (bicyclic) bond motifs is 1. The van der Waals surface area contributed by atoms with Gasteiger partial charge in [0.1, 0.15) is 0 Å². The lowest BCUT2D eigenvalue weighted by molar-refractivity contribution is 0.590. The smallest absolute Gasteiger partial charge is 0.201 e. The van der Waals surface area contributed by atoms with Crippen LogP contribution in [-0.2, 0) is 15.6 Å². The second kappa shape index (κ2) is 5.57. The van der Waals surface area contributed by atoms with Gasteiger partial charge >= 0.3 is 0 Å². The molecule has 0 aliphatic carbocycles. The Morgan fingerprint density at radius 2 is 2.05 bits per heavy atom. The predicted octanol–water partition coefficient (Wildman–Crippen LogP) is 3.09. The molecule has 0 saturated heterocycles. The minimum atomic E-state index is -3.60. The summed E-state index contributed by atoms with van der Waals surface area (Å²) in [7, 11) is 0.162. The highest BCUT2D eigenvalue weighted by Crippen LogP contribution is 2.30. The molecule has 5 nitrogen and oxygen atoms in total. The zero-order valence-corrected chi connectivity index (χ0v) is 14.4. The van der Waals surface area contributed by atoms with Crippen LogP contribution in [0.25, 0.3) is 4.96 Å². The number of para-hydroxylation sites is 1. The zero-order chi connectivity index (χ0) is 15.9. The number of rotatable bonds is 4. The zero-order valence-electron chi connectivity index (χ0n) is 12.0. The molecule has 3 aromatic rings. The van der Waals surface area contributed by atoms with E-state index in [9.17, 15) is 8.42 Å². The van der Waals surface area contributed by atoms with Crippen molar-refractivity contribution in [2.75, 3.05) is 19.0 Å². The lowest BCUT2D eigenvalue weighted by atomic mass is 10.2. The molecule has 0 spiro atoms. The topological polar surface area (TPSA) is 54.7 Å². The molecule has 0 unspecified atom stereocenters. The van der Waals surface area contributed by atoms with E-state index < -0.39 is 9.84 Å². The van der Waals surface area contributed by atoms with Crippen LogP contribution in [0, 0.1) is 0 Å². The van der Waals surface area contributed by atoms with Crippen LogP contribution >= 0.6 is 22.9 Å². The maximum atomic E-state index is 12.8. The van der Waals surface area contributed by atoms with E-state index in [1.807, 2.05) is 43.3 Å². The van der Waals surface area contributed by atoms with E-state index in [4.69, 9.17) is 11.6 Å². The Hall–Kier alpha value is -1.57. The summed E-state index contributed by atoms with van der Waals surface area (Å²) in [5.41, 5.74) is 1.60. The first-order chi connectivity index (χ1) is 10.4. The number of halogens is 1. The molecule has 116 valence electrons. The predicted molar refractivity (Wildman–Crippen MR) is 89.7 cm³/mol. The molecular weight excluding hydrogens is 342 g/mol. The molecular formula is C14H14ClN3O2S2. The highest BCUT2D eigenvalue weighted by atomic mass is 35.5. The van der Waals surface area contributed by atoms with Gasteiger partial charge in [0.05, 0.1) is 5.75 Å². The van der Waals surface area contributed by atoms with Crippen LogP contribution in [-0.4, -0.2) is 31.9 Å². The fourth-order valence-electron chi connectivity index (χ4n) is 2.36. The number of sulfone groups is 1. The van der Waals surface area contributed by atoms with Crippen molar-refractivity contribution in [2.45, 2.75) is 10.8 Å². The Kier molecular flexibility index (Phi) is 3.88. The van der Waals surface area contributed by atoms with Gasteiger partial charge in [-0.15, -0.1) is 11.3 Å². The van der Waals surface area contributed by atoms with Crippen molar-refractivity contribution in [3.8, 4) is 0 Å². The van der Waals surface area contributed by atoms with Crippen LogP contribution < -0.4 is 4.90 Å². The molecule has 0 radical (unpaired) electrons. The SMILES string of the molecule is CN(C)c1ccccc1CS(=O)(=O)c1c(Cl)nc2sccn12. The summed E-state index contributed by atoms with van der Waals surface area (Å²) in [6.07, 6.45) is 1.67. The standard InChI is InChI=1S/C14H14ClN3O2S2/c1-17(2)11-6-4-3-5-10(11)9-22(19,20)13-12(15)16-14-18(13)7-8-21-14/h3-8H,9H2,1-2H3. The molecule has 3 rings (SSSR count). The molecule has 2 aromatic heterocycles. The van der Waals surface area contributed by atoms with Crippen molar-refractivity contribution in [3.63, 3.8) is 0 Å². The van der Waals surface area contributed by atoms with Crippen molar-refractivity contribution in [3.05, 3.63) is 46.6 Å². The van der Waals surface area contributed by atoms with E-state index in [0.29, 0.717) is 4.96 Å². The first kappa shape index (κ1) is 15.3. The minimum absolute atomic E-state index is 0.0224. The van der Waals surface area contributed by atoms with Gasteiger partial charge in [-0.2, -0.15) is 0 Å². The van der Waals surface area contributed by atoms with E-state index in [1.54, 1.807) is 11.6 Å². The van der Waals surface area contributed by atoms with E-state index >= 15 is 0 Å². The minimum Gasteiger partial charge on any atom is -0.377 e. The maximum Gasteiger partial charge on any atom is 0.201 e. The van der Waals surface area contributed by atoms with Gasteiger partial charge in [-0.25, -0.2) is 13.4 Å². The fraction of sp³-hybridized carbons (Fsp3) is 0.214. The van der Waals surface area contributed by atoms with Gasteiger partial charge < -0.3 is 4.90 Å². The lowest BCUT2D eigenvalue weighted by Gasteiger charge is -2.17. The Bertz CT molecular complexity index is 929. The average molecular weight is 356 g/mol. The number of hydrogen-bond acceptors (Lipinski definition) is 5. The molecule has 0 atom stereocenters. The third kappa shape index (κ3) is 2.60. The van der Waals surface area contributed by atoms with Crippen molar-refractivity contribution in [1.29, 1.82) is 0 Å². The summed E-state index contributed by atoms with van der Waals surface area (Å²) in [4.78, 5) is 6.56. The van der Waals surface area contributed by atoms with Crippen LogP contribution in [0.3, 0.4) is 0 Å². The number of thiazole rings is 1. The van der Waals surface area contributed by atoms with Crippen molar-refractivity contribution >= 4 is 43.4 Å². The normalized spacial score (nSPS) is 12.0. The van der Waals surface area contributed by atoms with Crippen LogP contribution in [0.1, 0.15) is 5.56 Å². The Labute approximate surface area is 137 Å². The van der Waals surface area contributed by atoms with Gasteiger partial charge in [-0.3, -0.25) is 4.40 Å².